The molecule has 0 unspecified atom stereocenters. The number of benzene rings is 2. The number of nitrogens with zero attached hydrogens (tertiary/aromatic N) is 1. The van der Waals surface area contributed by atoms with Crippen LogP contribution in [0.15, 0.2) is 59.8 Å². The molecule has 0 spiro atoms. The van der Waals surface area contributed by atoms with Gasteiger partial charge < -0.3 is 9.64 Å². The normalized spacial score (nSPS) is 16.9. The molecule has 5 heteroatoms. The molecule has 2 aromatic carbocycles. The molecule has 2 aromatic rings. The lowest BCUT2D eigenvalue weighted by atomic mass is 9.82. The molecule has 0 bridgehead atoms. The Labute approximate surface area is 177 Å². The fraction of sp³-hybridized carbons (Fsp3) is 0.333. The van der Waals surface area contributed by atoms with Crippen molar-refractivity contribution in [2.75, 3.05) is 6.61 Å². The Morgan fingerprint density at radius 2 is 1.93 bits per heavy atom. The van der Waals surface area contributed by atoms with Crippen molar-refractivity contribution in [1.82, 2.24) is 4.90 Å². The van der Waals surface area contributed by atoms with Crippen molar-refractivity contribution in [2.45, 2.75) is 46.1 Å². The first-order valence-electron chi connectivity index (χ1n) is 9.96. The maximum atomic E-state index is 13.2. The number of halogens is 1. The number of ether oxygens (including phenoxy) is 1. The Balaban J connectivity index is 2.09. The summed E-state index contributed by atoms with van der Waals surface area (Å²) in [5.41, 5.74) is 4.32. The van der Waals surface area contributed by atoms with Gasteiger partial charge in [-0.15, -0.1) is 0 Å². The van der Waals surface area contributed by atoms with Gasteiger partial charge in [-0.05, 0) is 43.5 Å². The van der Waals surface area contributed by atoms with Crippen molar-refractivity contribution in [2.24, 2.45) is 0 Å². The number of hydrogen-bond donors (Lipinski definition) is 0. The smallest absolute Gasteiger partial charge is 0.336 e. The number of aryl methyl sites for hydroxylation is 1. The van der Waals surface area contributed by atoms with Crippen LogP contribution in [0.2, 0.25) is 5.02 Å². The van der Waals surface area contributed by atoms with Crippen LogP contribution < -0.4 is 0 Å². The van der Waals surface area contributed by atoms with E-state index in [-0.39, 0.29) is 30.8 Å². The maximum absolute atomic E-state index is 13.2. The zero-order valence-corrected chi connectivity index (χ0v) is 17.8. The SMILES string of the molecule is CCOC(=O)C1=C(CC)N(Cc2cccc(C)c2)C(=O)C[C@H]1c1cccc(Cl)c1. The van der Waals surface area contributed by atoms with Crippen LogP contribution in [0.1, 0.15) is 49.3 Å². The van der Waals surface area contributed by atoms with Crippen molar-refractivity contribution in [3.63, 3.8) is 0 Å². The number of carbonyl (C=O) groups excluding carboxylic acids is 2. The van der Waals surface area contributed by atoms with E-state index in [1.54, 1.807) is 17.9 Å². The number of hydrogen-bond acceptors (Lipinski definition) is 3. The molecule has 1 aliphatic rings. The van der Waals surface area contributed by atoms with Crippen LogP contribution in [0, 0.1) is 6.92 Å². The van der Waals surface area contributed by atoms with Crippen molar-refractivity contribution in [3.05, 3.63) is 81.5 Å². The van der Waals surface area contributed by atoms with Gasteiger partial charge in [-0.2, -0.15) is 0 Å². The summed E-state index contributed by atoms with van der Waals surface area (Å²) in [4.78, 5) is 27.8. The molecule has 0 aliphatic carbocycles. The molecule has 0 fully saturated rings. The number of esters is 1. The molecule has 0 radical (unpaired) electrons. The second-order valence-electron chi connectivity index (χ2n) is 7.22. The molecule has 0 saturated carbocycles. The van der Waals surface area contributed by atoms with E-state index in [0.29, 0.717) is 23.6 Å². The molecule has 152 valence electrons. The minimum absolute atomic E-state index is 0.00128. The van der Waals surface area contributed by atoms with Gasteiger partial charge >= 0.3 is 5.97 Å². The Morgan fingerprint density at radius 1 is 1.17 bits per heavy atom. The van der Waals surface area contributed by atoms with Gasteiger partial charge in [0.1, 0.15) is 0 Å². The standard InChI is InChI=1S/C24H26ClNO3/c1-4-21-23(24(28)29-5-2)20(18-10-7-11-19(25)13-18)14-22(27)26(21)15-17-9-6-8-16(3)12-17/h6-13,20H,4-5,14-15H2,1-3H3/t20-/m0/s1. The summed E-state index contributed by atoms with van der Waals surface area (Å²) < 4.78 is 5.38. The number of allylic oxidation sites excluding steroid dienone is 1. The quantitative estimate of drug-likeness (QED) is 0.598. The highest BCUT2D eigenvalue weighted by Gasteiger charge is 2.37. The van der Waals surface area contributed by atoms with E-state index in [2.05, 4.69) is 6.07 Å². The van der Waals surface area contributed by atoms with Gasteiger partial charge in [0.15, 0.2) is 0 Å². The van der Waals surface area contributed by atoms with E-state index in [1.165, 1.54) is 0 Å². The summed E-state index contributed by atoms with van der Waals surface area (Å²) in [5, 5.41) is 0.582. The lowest BCUT2D eigenvalue weighted by molar-refractivity contribution is -0.140. The molecule has 1 aliphatic heterocycles. The monoisotopic (exact) mass is 411 g/mol. The minimum Gasteiger partial charge on any atom is -0.463 e. The Morgan fingerprint density at radius 3 is 2.59 bits per heavy atom. The van der Waals surface area contributed by atoms with Crippen molar-refractivity contribution < 1.29 is 14.3 Å². The number of rotatable bonds is 6. The van der Waals surface area contributed by atoms with E-state index in [4.69, 9.17) is 16.3 Å². The highest BCUT2D eigenvalue weighted by atomic mass is 35.5. The highest BCUT2D eigenvalue weighted by Crippen LogP contribution is 2.39. The van der Waals surface area contributed by atoms with Crippen LogP contribution in [-0.2, 0) is 20.9 Å². The van der Waals surface area contributed by atoms with Crippen LogP contribution in [0.25, 0.3) is 0 Å². The van der Waals surface area contributed by atoms with Gasteiger partial charge in [-0.1, -0.05) is 60.5 Å². The fourth-order valence-corrected chi connectivity index (χ4v) is 4.12. The average molecular weight is 412 g/mol. The zero-order chi connectivity index (χ0) is 21.0. The Hall–Kier alpha value is -2.59. The van der Waals surface area contributed by atoms with Gasteiger partial charge in [0.2, 0.25) is 5.91 Å². The van der Waals surface area contributed by atoms with Gasteiger partial charge in [-0.3, -0.25) is 4.79 Å². The number of amides is 1. The molecule has 1 heterocycles. The van der Waals surface area contributed by atoms with Crippen LogP contribution in [0.3, 0.4) is 0 Å². The van der Waals surface area contributed by atoms with Crippen molar-refractivity contribution >= 4 is 23.5 Å². The first-order chi connectivity index (χ1) is 13.9. The summed E-state index contributed by atoms with van der Waals surface area (Å²) in [6.07, 6.45) is 0.770. The third kappa shape index (κ3) is 4.70. The van der Waals surface area contributed by atoms with Crippen molar-refractivity contribution in [3.8, 4) is 0 Å². The summed E-state index contributed by atoms with van der Waals surface area (Å²) in [6.45, 7) is 6.50. The average Bonchev–Trinajstić information content (AvgIpc) is 2.69. The van der Waals surface area contributed by atoms with Crippen LogP contribution in [-0.4, -0.2) is 23.4 Å². The topological polar surface area (TPSA) is 46.6 Å². The largest absolute Gasteiger partial charge is 0.463 e. The molecule has 29 heavy (non-hydrogen) atoms. The predicted molar refractivity (Wildman–Crippen MR) is 114 cm³/mol. The Bertz CT molecular complexity index is 951. The molecule has 0 N–H and O–H groups in total. The molecular weight excluding hydrogens is 386 g/mol. The zero-order valence-electron chi connectivity index (χ0n) is 17.1. The van der Waals surface area contributed by atoms with E-state index in [9.17, 15) is 9.59 Å². The van der Waals surface area contributed by atoms with Crippen LogP contribution in [0.5, 0.6) is 0 Å². The highest BCUT2D eigenvalue weighted by molar-refractivity contribution is 6.30. The van der Waals surface area contributed by atoms with E-state index < -0.39 is 0 Å². The molecule has 0 saturated heterocycles. The van der Waals surface area contributed by atoms with Gasteiger partial charge in [0.25, 0.3) is 0 Å². The third-order valence-electron chi connectivity index (χ3n) is 5.17. The second-order valence-corrected chi connectivity index (χ2v) is 7.65. The predicted octanol–water partition coefficient (Wildman–Crippen LogP) is 5.39. The summed E-state index contributed by atoms with van der Waals surface area (Å²) in [7, 11) is 0. The third-order valence-corrected chi connectivity index (χ3v) is 5.40. The van der Waals surface area contributed by atoms with Crippen LogP contribution in [0.4, 0.5) is 0 Å². The maximum Gasteiger partial charge on any atom is 0.336 e. The molecule has 1 amide bonds. The lowest BCUT2D eigenvalue weighted by Gasteiger charge is -2.35. The molecule has 4 nitrogen and oxygen atoms in total. The lowest BCUT2D eigenvalue weighted by Crippen LogP contribution is -2.38. The van der Waals surface area contributed by atoms with E-state index in [0.717, 1.165) is 22.4 Å². The van der Waals surface area contributed by atoms with Gasteiger partial charge in [-0.25, -0.2) is 4.79 Å². The first-order valence-corrected chi connectivity index (χ1v) is 10.3. The van der Waals surface area contributed by atoms with E-state index >= 15 is 0 Å². The molecule has 1 atom stereocenters. The van der Waals surface area contributed by atoms with E-state index in [1.807, 2.05) is 50.2 Å². The molecular formula is C24H26ClNO3. The van der Waals surface area contributed by atoms with Gasteiger partial charge in [0, 0.05) is 23.1 Å². The van der Waals surface area contributed by atoms with Crippen LogP contribution >= 0.6 is 11.6 Å². The molecule has 0 aromatic heterocycles. The van der Waals surface area contributed by atoms with Gasteiger partial charge in [0.05, 0.1) is 18.7 Å². The summed E-state index contributed by atoms with van der Waals surface area (Å²) in [6, 6.07) is 15.4. The summed E-state index contributed by atoms with van der Waals surface area (Å²) in [5.74, 6) is -0.721. The summed E-state index contributed by atoms with van der Waals surface area (Å²) >= 11 is 6.18. The minimum atomic E-state index is -0.365. The van der Waals surface area contributed by atoms with Crippen molar-refractivity contribution in [1.29, 1.82) is 0 Å². The second kappa shape index (κ2) is 9.27. The fourth-order valence-electron chi connectivity index (χ4n) is 3.92. The number of carbonyl (C=O) groups is 2. The Kier molecular flexibility index (Phi) is 6.75. The molecule has 3 rings (SSSR count). The first kappa shape index (κ1) is 21.1.